The van der Waals surface area contributed by atoms with Crippen molar-refractivity contribution in [2.24, 2.45) is 0 Å². The molecule has 0 amide bonds. The van der Waals surface area contributed by atoms with Crippen molar-refractivity contribution in [3.8, 4) is 0 Å². The summed E-state index contributed by atoms with van der Waals surface area (Å²) in [4.78, 5) is 0. The van der Waals surface area contributed by atoms with Gasteiger partial charge in [-0.15, -0.1) is 0 Å². The standard InChI is InChI=1S/C3H7.HI.Li/c1-3-2;;/h3H,1-2H3;1H;/q;;+1/p-1. The number of halogens is 1. The molecule has 0 saturated carbocycles. The molecule has 0 atom stereocenters. The van der Waals surface area contributed by atoms with E-state index in [1.165, 1.54) is 0 Å². The normalized spacial score (nSPS) is 5.00. The maximum atomic E-state index is 2.15. The molecule has 0 aliphatic rings. The Morgan fingerprint density at radius 3 is 1.40 bits per heavy atom. The van der Waals surface area contributed by atoms with Crippen LogP contribution in [0.1, 0.15) is 13.8 Å². The number of hydrogen-bond donors (Lipinski definition) is 0. The van der Waals surface area contributed by atoms with Crippen molar-refractivity contribution in [1.82, 2.24) is 0 Å². The van der Waals surface area contributed by atoms with Crippen molar-refractivity contribution in [1.29, 1.82) is 0 Å². The van der Waals surface area contributed by atoms with Crippen LogP contribution in [0, 0.1) is 6.42 Å². The molecule has 2 heteroatoms. The molecule has 0 fully saturated rings. The average Bonchev–Trinajstić information content (AvgIpc) is 1.46. The van der Waals surface area contributed by atoms with Gasteiger partial charge in [-0.2, -0.15) is 0 Å². The van der Waals surface area contributed by atoms with Crippen molar-refractivity contribution >= 4 is 34.2 Å². The fraction of sp³-hybridized carbons (Fsp3) is 0.667. The Labute approximate surface area is 54.2 Å². The third kappa shape index (κ3) is 33.5. The number of hydrogen-bond acceptors (Lipinski definition) is 0. The van der Waals surface area contributed by atoms with Gasteiger partial charge in [-0.25, -0.2) is 0 Å². The monoisotopic (exact) mass is 177 g/mol. The molecule has 0 aliphatic carbocycles. The predicted molar refractivity (Wildman–Crippen MR) is 35.4 cm³/mol. The Kier molecular flexibility index (Phi) is 35.3. The molecule has 0 saturated heterocycles. The molecule has 0 aromatic rings. The van der Waals surface area contributed by atoms with Crippen LogP contribution in [-0.4, -0.2) is 14.3 Å². The van der Waals surface area contributed by atoms with Crippen molar-refractivity contribution in [3.05, 3.63) is 6.42 Å². The van der Waals surface area contributed by atoms with E-state index in [9.17, 15) is 0 Å². The van der Waals surface area contributed by atoms with Gasteiger partial charge in [-0.05, 0) is 6.42 Å². The van der Waals surface area contributed by atoms with Gasteiger partial charge in [0.1, 0.15) is 0 Å². The van der Waals surface area contributed by atoms with E-state index >= 15 is 0 Å². The average molecular weight is 177 g/mol. The summed E-state index contributed by atoms with van der Waals surface area (Å²) in [5, 5.41) is 0. The van der Waals surface area contributed by atoms with E-state index in [1.807, 2.05) is 34.5 Å². The van der Waals surface area contributed by atoms with Crippen LogP contribution >= 0.6 is 19.9 Å². The Hall–Kier alpha value is 1.33. The van der Waals surface area contributed by atoms with Crippen LogP contribution in [0.5, 0.6) is 0 Å². The van der Waals surface area contributed by atoms with Gasteiger partial charge in [-0.3, -0.25) is 0 Å². The molecule has 5 heavy (non-hydrogen) atoms. The van der Waals surface area contributed by atoms with E-state index in [-0.39, 0.29) is 0 Å². The molecule has 1 radical (unpaired) electrons. The zero-order chi connectivity index (χ0) is 4.71. The molecule has 0 spiro atoms. The van der Waals surface area contributed by atoms with Crippen LogP contribution in [0.15, 0.2) is 0 Å². The molecule has 0 heterocycles. The van der Waals surface area contributed by atoms with Crippen molar-refractivity contribution in [2.75, 3.05) is 0 Å². The molecule has 0 aromatic carbocycles. The molecule has 0 rings (SSSR count). The van der Waals surface area contributed by atoms with Crippen LogP contribution in [0.2, 0.25) is 0 Å². The zero-order valence-corrected chi connectivity index (χ0v) is 6.11. The van der Waals surface area contributed by atoms with Crippen LogP contribution in [0.25, 0.3) is 0 Å². The first kappa shape index (κ1) is 9.59. The van der Waals surface area contributed by atoms with Crippen LogP contribution in [0.3, 0.4) is 0 Å². The van der Waals surface area contributed by atoms with Crippen LogP contribution < -0.4 is 0 Å². The van der Waals surface area contributed by atoms with Gasteiger partial charge in [0.2, 0.25) is 0 Å². The van der Waals surface area contributed by atoms with Gasteiger partial charge >= 0.3 is 34.2 Å². The summed E-state index contributed by atoms with van der Waals surface area (Å²) in [6, 6.07) is 0. The predicted octanol–water partition coefficient (Wildman–Crippen LogP) is 1.74. The van der Waals surface area contributed by atoms with Crippen molar-refractivity contribution < 1.29 is 0 Å². The zero-order valence-electron chi connectivity index (χ0n) is 3.96. The molecule has 0 aromatic heterocycles. The molecular weight excluding hydrogens is 170 g/mol. The Balaban J connectivity index is 0. The summed E-state index contributed by atoms with van der Waals surface area (Å²) < 4.78 is 0. The minimum atomic E-state index is 1.97. The summed E-state index contributed by atoms with van der Waals surface area (Å²) in [7, 11) is 0. The first-order valence-corrected chi connectivity index (χ1v) is 3.69. The van der Waals surface area contributed by atoms with E-state index in [4.69, 9.17) is 0 Å². The van der Waals surface area contributed by atoms with E-state index in [2.05, 4.69) is 19.9 Å². The number of rotatable bonds is 0. The van der Waals surface area contributed by atoms with Gasteiger partial charge in [0.25, 0.3) is 0 Å². The topological polar surface area (TPSA) is 0 Å². The summed E-state index contributed by atoms with van der Waals surface area (Å²) in [6.07, 6.45) is 2.00. The van der Waals surface area contributed by atoms with Crippen molar-refractivity contribution in [2.45, 2.75) is 13.8 Å². The molecule has 0 N–H and O–H groups in total. The Bertz CT molecular complexity index is 6.85. The van der Waals surface area contributed by atoms with Gasteiger partial charge in [0.15, 0.2) is 0 Å². The molecule has 0 bridgehead atoms. The fourth-order valence-electron chi connectivity index (χ4n) is 0. The SMILES string of the molecule is C[CH]C.[Li][I]. The van der Waals surface area contributed by atoms with E-state index < -0.39 is 0 Å². The summed E-state index contributed by atoms with van der Waals surface area (Å²) in [6.45, 7) is 4.00. The first-order valence-electron chi connectivity index (χ1n) is 1.53. The molecule has 0 unspecified atom stereocenters. The van der Waals surface area contributed by atoms with Gasteiger partial charge in [0, 0.05) is 0 Å². The van der Waals surface area contributed by atoms with Gasteiger partial charge < -0.3 is 0 Å². The molecule has 0 nitrogen and oxygen atoms in total. The maximum absolute atomic E-state index is 2.15. The fourth-order valence-corrected chi connectivity index (χ4v) is 0. The van der Waals surface area contributed by atoms with Crippen LogP contribution in [-0.2, 0) is 0 Å². The summed E-state index contributed by atoms with van der Waals surface area (Å²) in [5.41, 5.74) is 0. The second-order valence-electron chi connectivity index (χ2n) is 0.577. The second kappa shape index (κ2) is 18.4. The van der Waals surface area contributed by atoms with Crippen molar-refractivity contribution in [3.63, 3.8) is 0 Å². The molecule has 27 valence electrons. The van der Waals surface area contributed by atoms with Crippen LogP contribution in [0.4, 0.5) is 0 Å². The third-order valence-electron chi connectivity index (χ3n) is 0. The quantitative estimate of drug-likeness (QED) is 0.390. The first-order chi connectivity index (χ1) is 2.41. The summed E-state index contributed by atoms with van der Waals surface area (Å²) in [5.74, 6) is 0. The Morgan fingerprint density at radius 2 is 1.40 bits per heavy atom. The third-order valence-corrected chi connectivity index (χ3v) is 0. The second-order valence-corrected chi connectivity index (χ2v) is 0.577. The van der Waals surface area contributed by atoms with E-state index in [1.54, 1.807) is 0 Å². The van der Waals surface area contributed by atoms with E-state index in [0.29, 0.717) is 0 Å². The summed E-state index contributed by atoms with van der Waals surface area (Å²) >= 11 is 4.12. The van der Waals surface area contributed by atoms with E-state index in [0.717, 1.165) is 0 Å². The Morgan fingerprint density at radius 1 is 1.40 bits per heavy atom. The minimum absolute atomic E-state index is 1.97. The molecular formula is C3H7ILi. The van der Waals surface area contributed by atoms with Gasteiger partial charge in [0.05, 0.1) is 0 Å². The molecule has 0 aliphatic heterocycles. The van der Waals surface area contributed by atoms with Gasteiger partial charge in [-0.1, -0.05) is 13.8 Å².